The van der Waals surface area contributed by atoms with Crippen LogP contribution in [0.4, 0.5) is 5.69 Å². The second kappa shape index (κ2) is 7.12. The molecule has 0 amide bonds. The Morgan fingerprint density at radius 1 is 1.30 bits per heavy atom. The Hall–Kier alpha value is -1.78. The molecule has 0 spiro atoms. The molecule has 1 heterocycles. The molecule has 2 aromatic rings. The molecule has 0 aliphatic carbocycles. The minimum atomic E-state index is -0.0321. The molecular weight excluding hydrogens is 276 g/mol. The Kier molecular flexibility index (Phi) is 5.21. The number of methoxy groups -OCH3 is 1. The molecule has 1 N–H and O–H groups in total. The molecule has 0 atom stereocenters. The number of rotatable bonds is 6. The molecule has 5 heteroatoms. The molecule has 0 bridgehead atoms. The zero-order chi connectivity index (χ0) is 14.4. The van der Waals surface area contributed by atoms with Gasteiger partial charge < -0.3 is 14.6 Å². The highest BCUT2D eigenvalue weighted by molar-refractivity contribution is 6.30. The average Bonchev–Trinajstić information content (AvgIpc) is 2.45. The van der Waals surface area contributed by atoms with E-state index in [2.05, 4.69) is 5.32 Å². The summed E-state index contributed by atoms with van der Waals surface area (Å²) < 4.78 is 6.62. The highest BCUT2D eigenvalue weighted by Crippen LogP contribution is 2.12. The van der Waals surface area contributed by atoms with Crippen molar-refractivity contribution in [3.63, 3.8) is 0 Å². The Labute approximate surface area is 123 Å². The molecule has 0 fully saturated rings. The maximum atomic E-state index is 11.7. The van der Waals surface area contributed by atoms with Crippen molar-refractivity contribution in [2.24, 2.45) is 0 Å². The van der Waals surface area contributed by atoms with Crippen LogP contribution < -0.4 is 10.9 Å². The lowest BCUT2D eigenvalue weighted by Gasteiger charge is -2.10. The van der Waals surface area contributed by atoms with Gasteiger partial charge in [0.2, 0.25) is 0 Å². The number of halogens is 1. The van der Waals surface area contributed by atoms with Crippen LogP contribution in [0.1, 0.15) is 5.56 Å². The standard InChI is InChI=1S/C15H17ClN2O2/c1-20-8-7-18-11-14(5-6-15(18)19)17-10-12-3-2-4-13(16)9-12/h2-6,9,11,17H,7-8,10H2,1H3. The molecule has 0 aliphatic heterocycles. The van der Waals surface area contributed by atoms with E-state index in [9.17, 15) is 4.79 Å². The van der Waals surface area contributed by atoms with Gasteiger partial charge in [0, 0.05) is 37.5 Å². The smallest absolute Gasteiger partial charge is 0.250 e. The Balaban J connectivity index is 2.04. The van der Waals surface area contributed by atoms with Crippen molar-refractivity contribution in [1.29, 1.82) is 0 Å². The first kappa shape index (κ1) is 14.6. The van der Waals surface area contributed by atoms with E-state index in [1.54, 1.807) is 30.0 Å². The van der Waals surface area contributed by atoms with E-state index >= 15 is 0 Å². The van der Waals surface area contributed by atoms with Gasteiger partial charge in [-0.05, 0) is 23.8 Å². The monoisotopic (exact) mass is 292 g/mol. The van der Waals surface area contributed by atoms with Crippen molar-refractivity contribution >= 4 is 17.3 Å². The first-order valence-electron chi connectivity index (χ1n) is 6.37. The molecule has 0 aliphatic rings. The van der Waals surface area contributed by atoms with E-state index in [4.69, 9.17) is 16.3 Å². The van der Waals surface area contributed by atoms with Crippen molar-refractivity contribution in [1.82, 2.24) is 4.57 Å². The highest BCUT2D eigenvalue weighted by Gasteiger charge is 1.99. The van der Waals surface area contributed by atoms with Gasteiger partial charge >= 0.3 is 0 Å². The van der Waals surface area contributed by atoms with Crippen LogP contribution in [-0.2, 0) is 17.8 Å². The third-order valence-electron chi connectivity index (χ3n) is 2.91. The van der Waals surface area contributed by atoms with E-state index in [-0.39, 0.29) is 5.56 Å². The third kappa shape index (κ3) is 4.11. The predicted octanol–water partition coefficient (Wildman–Crippen LogP) is 2.76. The molecule has 106 valence electrons. The summed E-state index contributed by atoms with van der Waals surface area (Å²) in [5.74, 6) is 0. The highest BCUT2D eigenvalue weighted by atomic mass is 35.5. The zero-order valence-corrected chi connectivity index (χ0v) is 12.1. The van der Waals surface area contributed by atoms with Crippen LogP contribution in [0.3, 0.4) is 0 Å². The summed E-state index contributed by atoms with van der Waals surface area (Å²) in [6.45, 7) is 1.71. The number of ether oxygens (including phenoxy) is 1. The summed E-state index contributed by atoms with van der Waals surface area (Å²) in [6.07, 6.45) is 1.80. The summed E-state index contributed by atoms with van der Waals surface area (Å²) in [4.78, 5) is 11.7. The zero-order valence-electron chi connectivity index (χ0n) is 11.3. The van der Waals surface area contributed by atoms with Gasteiger partial charge in [-0.2, -0.15) is 0 Å². The number of aromatic nitrogens is 1. The van der Waals surface area contributed by atoms with Gasteiger partial charge in [-0.3, -0.25) is 4.79 Å². The summed E-state index contributed by atoms with van der Waals surface area (Å²) in [6, 6.07) is 11.0. The minimum absolute atomic E-state index is 0.0321. The molecule has 1 aromatic carbocycles. The number of nitrogens with zero attached hydrogens (tertiary/aromatic N) is 1. The Morgan fingerprint density at radius 2 is 2.15 bits per heavy atom. The van der Waals surface area contributed by atoms with E-state index in [0.29, 0.717) is 19.7 Å². The van der Waals surface area contributed by atoms with Crippen LogP contribution in [0.5, 0.6) is 0 Å². The van der Waals surface area contributed by atoms with Gasteiger partial charge in [0.25, 0.3) is 5.56 Å². The quantitative estimate of drug-likeness (QED) is 0.890. The minimum Gasteiger partial charge on any atom is -0.383 e. The summed E-state index contributed by atoms with van der Waals surface area (Å²) in [7, 11) is 1.62. The van der Waals surface area contributed by atoms with Gasteiger partial charge in [0.15, 0.2) is 0 Å². The van der Waals surface area contributed by atoms with E-state index in [1.807, 2.05) is 24.3 Å². The molecule has 20 heavy (non-hydrogen) atoms. The lowest BCUT2D eigenvalue weighted by atomic mass is 10.2. The van der Waals surface area contributed by atoms with Gasteiger partial charge in [-0.1, -0.05) is 23.7 Å². The second-order valence-electron chi connectivity index (χ2n) is 4.43. The van der Waals surface area contributed by atoms with Gasteiger partial charge in [-0.15, -0.1) is 0 Å². The first-order valence-corrected chi connectivity index (χ1v) is 6.74. The fourth-order valence-electron chi connectivity index (χ4n) is 1.85. The number of hydrogen-bond acceptors (Lipinski definition) is 3. The van der Waals surface area contributed by atoms with Crippen LogP contribution >= 0.6 is 11.6 Å². The molecule has 0 unspecified atom stereocenters. The van der Waals surface area contributed by atoms with Crippen molar-refractivity contribution in [2.45, 2.75) is 13.1 Å². The molecular formula is C15H17ClN2O2. The van der Waals surface area contributed by atoms with Crippen LogP contribution in [0, 0.1) is 0 Å². The molecule has 0 saturated carbocycles. The average molecular weight is 293 g/mol. The van der Waals surface area contributed by atoms with Crippen LogP contribution in [0.25, 0.3) is 0 Å². The van der Waals surface area contributed by atoms with Crippen LogP contribution in [0.2, 0.25) is 5.02 Å². The van der Waals surface area contributed by atoms with Crippen molar-refractivity contribution in [3.8, 4) is 0 Å². The molecule has 4 nitrogen and oxygen atoms in total. The van der Waals surface area contributed by atoms with Crippen molar-refractivity contribution < 1.29 is 4.74 Å². The lowest BCUT2D eigenvalue weighted by molar-refractivity contribution is 0.186. The van der Waals surface area contributed by atoms with Gasteiger partial charge in [0.1, 0.15) is 0 Å². The van der Waals surface area contributed by atoms with E-state index in [1.165, 1.54) is 0 Å². The summed E-state index contributed by atoms with van der Waals surface area (Å²) in [5, 5.41) is 3.99. The van der Waals surface area contributed by atoms with Gasteiger partial charge in [-0.25, -0.2) is 0 Å². The third-order valence-corrected chi connectivity index (χ3v) is 3.14. The molecule has 0 saturated heterocycles. The van der Waals surface area contributed by atoms with E-state index < -0.39 is 0 Å². The van der Waals surface area contributed by atoms with Gasteiger partial charge in [0.05, 0.1) is 12.3 Å². The fourth-order valence-corrected chi connectivity index (χ4v) is 2.06. The van der Waals surface area contributed by atoms with Crippen molar-refractivity contribution in [3.05, 3.63) is 63.5 Å². The van der Waals surface area contributed by atoms with Crippen LogP contribution in [0.15, 0.2) is 47.4 Å². The summed E-state index contributed by atoms with van der Waals surface area (Å²) >= 11 is 5.94. The SMILES string of the molecule is COCCn1cc(NCc2cccc(Cl)c2)ccc1=O. The largest absolute Gasteiger partial charge is 0.383 e. The normalized spacial score (nSPS) is 10.5. The number of nitrogens with one attached hydrogen (secondary N) is 1. The first-order chi connectivity index (χ1) is 9.69. The Morgan fingerprint density at radius 3 is 2.90 bits per heavy atom. The number of anilines is 1. The molecule has 1 aromatic heterocycles. The number of pyridine rings is 1. The topological polar surface area (TPSA) is 43.3 Å². The second-order valence-corrected chi connectivity index (χ2v) is 4.86. The number of hydrogen-bond donors (Lipinski definition) is 1. The Bertz CT molecular complexity index is 625. The van der Waals surface area contributed by atoms with Crippen molar-refractivity contribution in [2.75, 3.05) is 19.0 Å². The lowest BCUT2D eigenvalue weighted by Crippen LogP contribution is -2.21. The molecule has 2 rings (SSSR count). The number of benzene rings is 1. The maximum Gasteiger partial charge on any atom is 0.250 e. The predicted molar refractivity (Wildman–Crippen MR) is 81.4 cm³/mol. The summed E-state index contributed by atoms with van der Waals surface area (Å²) in [5.41, 5.74) is 1.95. The van der Waals surface area contributed by atoms with E-state index in [0.717, 1.165) is 16.3 Å². The fraction of sp³-hybridized carbons (Fsp3) is 0.267. The maximum absolute atomic E-state index is 11.7. The molecule has 0 radical (unpaired) electrons. The van der Waals surface area contributed by atoms with Crippen LogP contribution in [-0.4, -0.2) is 18.3 Å².